The minimum Gasteiger partial charge on any atom is -0.480 e. The highest BCUT2D eigenvalue weighted by molar-refractivity contribution is 5.87. The van der Waals surface area contributed by atoms with Crippen molar-refractivity contribution in [2.45, 2.75) is 18.9 Å². The van der Waals surface area contributed by atoms with Crippen LogP contribution < -0.4 is 11.1 Å². The second kappa shape index (κ2) is 7.83. The first-order valence-corrected chi connectivity index (χ1v) is 6.32. The fourth-order valence-corrected chi connectivity index (χ4v) is 1.59. The lowest BCUT2D eigenvalue weighted by Gasteiger charge is -2.20. The monoisotopic (exact) mass is 294 g/mol. The van der Waals surface area contributed by atoms with Gasteiger partial charge < -0.3 is 21.1 Å². The van der Waals surface area contributed by atoms with Crippen molar-refractivity contribution >= 4 is 17.9 Å². The Morgan fingerprint density at radius 3 is 2.67 bits per heavy atom. The van der Waals surface area contributed by atoms with Gasteiger partial charge in [-0.15, -0.1) is 0 Å². The van der Waals surface area contributed by atoms with Gasteiger partial charge in [0.25, 0.3) is 0 Å². The van der Waals surface area contributed by atoms with Crippen LogP contribution >= 0.6 is 0 Å². The minimum absolute atomic E-state index is 0.367. The molecule has 21 heavy (non-hydrogen) atoms. The molecule has 8 nitrogen and oxygen atoms in total. The third kappa shape index (κ3) is 5.89. The van der Waals surface area contributed by atoms with Crippen molar-refractivity contribution in [1.29, 1.82) is 0 Å². The van der Waals surface area contributed by atoms with Gasteiger partial charge >= 0.3 is 12.0 Å². The number of hydrogen-bond acceptors (Lipinski definition) is 4. The first kappa shape index (κ1) is 16.4. The maximum atomic E-state index is 11.8. The van der Waals surface area contributed by atoms with Crippen LogP contribution in [0.1, 0.15) is 12.1 Å². The van der Waals surface area contributed by atoms with Gasteiger partial charge in [0.05, 0.1) is 6.42 Å². The van der Waals surface area contributed by atoms with Gasteiger partial charge in [-0.25, -0.2) is 9.59 Å². The van der Waals surface area contributed by atoms with Crippen molar-refractivity contribution in [1.82, 2.24) is 15.2 Å². The van der Waals surface area contributed by atoms with Crippen LogP contribution in [0.25, 0.3) is 0 Å². The van der Waals surface area contributed by atoms with E-state index in [1.54, 1.807) is 12.3 Å². The Kier molecular flexibility index (Phi) is 6.12. The minimum atomic E-state index is -1.33. The summed E-state index contributed by atoms with van der Waals surface area (Å²) in [5, 5.41) is 11.2. The van der Waals surface area contributed by atoms with Gasteiger partial charge in [0, 0.05) is 31.9 Å². The molecular weight excluding hydrogens is 276 g/mol. The number of carbonyl (C=O) groups is 3. The molecule has 0 bridgehead atoms. The van der Waals surface area contributed by atoms with Crippen molar-refractivity contribution in [2.24, 2.45) is 5.73 Å². The Balaban J connectivity index is 2.49. The Labute approximate surface area is 121 Å². The van der Waals surface area contributed by atoms with Gasteiger partial charge in [0.15, 0.2) is 0 Å². The number of rotatable bonds is 7. The van der Waals surface area contributed by atoms with E-state index >= 15 is 0 Å². The van der Waals surface area contributed by atoms with Crippen LogP contribution in [-0.4, -0.2) is 52.5 Å². The van der Waals surface area contributed by atoms with Crippen LogP contribution in [0, 0.1) is 0 Å². The first-order valence-electron chi connectivity index (χ1n) is 6.32. The zero-order valence-electron chi connectivity index (χ0n) is 11.7. The van der Waals surface area contributed by atoms with Gasteiger partial charge in [-0.3, -0.25) is 9.78 Å². The third-order valence-electron chi connectivity index (χ3n) is 2.78. The van der Waals surface area contributed by atoms with E-state index in [9.17, 15) is 14.4 Å². The van der Waals surface area contributed by atoms with E-state index in [1.807, 2.05) is 12.1 Å². The number of nitrogens with zero attached hydrogens (tertiary/aromatic N) is 2. The van der Waals surface area contributed by atoms with Crippen molar-refractivity contribution < 1.29 is 19.5 Å². The molecule has 0 saturated heterocycles. The molecule has 0 aliphatic rings. The van der Waals surface area contributed by atoms with E-state index in [-0.39, 0.29) is 0 Å². The molecule has 1 aromatic rings. The maximum absolute atomic E-state index is 11.8. The summed E-state index contributed by atoms with van der Waals surface area (Å²) < 4.78 is 0. The SMILES string of the molecule is CN(CCc1ccccn1)C(=O)N[C@@H](CC(N)=O)C(=O)O. The molecule has 0 fully saturated rings. The van der Waals surface area contributed by atoms with E-state index in [1.165, 1.54) is 11.9 Å². The van der Waals surface area contributed by atoms with Crippen molar-refractivity contribution in [3.8, 4) is 0 Å². The Morgan fingerprint density at radius 1 is 1.43 bits per heavy atom. The average molecular weight is 294 g/mol. The van der Waals surface area contributed by atoms with Crippen LogP contribution in [0.5, 0.6) is 0 Å². The highest BCUT2D eigenvalue weighted by Gasteiger charge is 2.23. The highest BCUT2D eigenvalue weighted by atomic mass is 16.4. The molecule has 1 heterocycles. The topological polar surface area (TPSA) is 126 Å². The lowest BCUT2D eigenvalue weighted by Crippen LogP contribution is -2.48. The zero-order chi connectivity index (χ0) is 15.8. The first-order chi connectivity index (χ1) is 9.90. The molecular formula is C13H18N4O4. The number of carbonyl (C=O) groups excluding carboxylic acids is 2. The number of amides is 3. The molecule has 0 radical (unpaired) electrons. The predicted molar refractivity (Wildman–Crippen MR) is 74.3 cm³/mol. The lowest BCUT2D eigenvalue weighted by atomic mass is 10.2. The van der Waals surface area contributed by atoms with Gasteiger partial charge in [-0.2, -0.15) is 0 Å². The smallest absolute Gasteiger partial charge is 0.326 e. The second-order valence-electron chi connectivity index (χ2n) is 4.50. The fourth-order valence-electron chi connectivity index (χ4n) is 1.59. The molecule has 0 saturated carbocycles. The molecule has 3 amide bonds. The molecule has 1 aromatic heterocycles. The van der Waals surface area contributed by atoms with Crippen LogP contribution in [0.15, 0.2) is 24.4 Å². The van der Waals surface area contributed by atoms with Crippen LogP contribution in [0.3, 0.4) is 0 Å². The number of primary amides is 1. The quantitative estimate of drug-likeness (QED) is 0.630. The Morgan fingerprint density at radius 2 is 2.14 bits per heavy atom. The van der Waals surface area contributed by atoms with Crippen molar-refractivity contribution in [3.63, 3.8) is 0 Å². The summed E-state index contributed by atoms with van der Waals surface area (Å²) in [5.41, 5.74) is 5.77. The molecule has 0 unspecified atom stereocenters. The molecule has 0 aliphatic heterocycles. The molecule has 0 aliphatic carbocycles. The molecule has 114 valence electrons. The summed E-state index contributed by atoms with van der Waals surface area (Å²) in [7, 11) is 1.53. The number of aromatic nitrogens is 1. The number of likely N-dealkylation sites (N-methyl/N-ethyl adjacent to an activating group) is 1. The van der Waals surface area contributed by atoms with Crippen molar-refractivity contribution in [2.75, 3.05) is 13.6 Å². The van der Waals surface area contributed by atoms with E-state index in [2.05, 4.69) is 10.3 Å². The normalized spacial score (nSPS) is 11.5. The van der Waals surface area contributed by atoms with E-state index in [0.29, 0.717) is 13.0 Å². The zero-order valence-corrected chi connectivity index (χ0v) is 11.7. The van der Waals surface area contributed by atoms with Gasteiger partial charge in [-0.05, 0) is 12.1 Å². The number of nitrogens with one attached hydrogen (secondary N) is 1. The maximum Gasteiger partial charge on any atom is 0.326 e. The predicted octanol–water partition coefficient (Wildman–Crippen LogP) is -0.406. The number of aliphatic carboxylic acids is 1. The largest absolute Gasteiger partial charge is 0.480 e. The lowest BCUT2D eigenvalue weighted by molar-refractivity contribution is -0.140. The summed E-state index contributed by atoms with van der Waals surface area (Å²) in [6.07, 6.45) is 1.75. The average Bonchev–Trinajstić information content (AvgIpc) is 2.44. The van der Waals surface area contributed by atoms with E-state index < -0.39 is 30.4 Å². The van der Waals surface area contributed by atoms with Gasteiger partial charge in [0.2, 0.25) is 5.91 Å². The molecule has 4 N–H and O–H groups in total. The van der Waals surface area contributed by atoms with Crippen molar-refractivity contribution in [3.05, 3.63) is 30.1 Å². The summed E-state index contributed by atoms with van der Waals surface area (Å²) in [6.45, 7) is 0.367. The fraction of sp³-hybridized carbons (Fsp3) is 0.385. The Bertz CT molecular complexity index is 506. The summed E-state index contributed by atoms with van der Waals surface area (Å²) in [4.78, 5) is 39.0. The number of hydrogen-bond donors (Lipinski definition) is 3. The number of nitrogens with two attached hydrogens (primary N) is 1. The molecule has 0 spiro atoms. The van der Waals surface area contributed by atoms with E-state index in [4.69, 9.17) is 10.8 Å². The van der Waals surface area contributed by atoms with Crippen LogP contribution in [0.2, 0.25) is 0 Å². The Hall–Kier alpha value is -2.64. The van der Waals surface area contributed by atoms with Crippen LogP contribution in [-0.2, 0) is 16.0 Å². The van der Waals surface area contributed by atoms with Gasteiger partial charge in [-0.1, -0.05) is 6.07 Å². The standard InChI is InChI=1S/C13H18N4O4/c1-17(7-5-9-4-2-3-6-15-9)13(21)16-10(12(19)20)8-11(14)18/h2-4,6,10H,5,7-8H2,1H3,(H2,14,18)(H,16,21)(H,19,20)/t10-/m0/s1. The third-order valence-corrected chi connectivity index (χ3v) is 2.78. The summed E-state index contributed by atoms with van der Waals surface area (Å²) >= 11 is 0. The number of carboxylic acids is 1. The molecule has 1 rings (SSSR count). The number of pyridine rings is 1. The van der Waals surface area contributed by atoms with Gasteiger partial charge in [0.1, 0.15) is 6.04 Å². The van der Waals surface area contributed by atoms with E-state index in [0.717, 1.165) is 5.69 Å². The number of carboxylic acid groups (broad SMARTS) is 1. The molecule has 8 heteroatoms. The molecule has 1 atom stereocenters. The summed E-state index contributed by atoms with van der Waals surface area (Å²) in [6, 6.07) is 3.56. The summed E-state index contributed by atoms with van der Waals surface area (Å²) in [5.74, 6) is -2.10. The number of urea groups is 1. The molecule has 0 aromatic carbocycles. The second-order valence-corrected chi connectivity index (χ2v) is 4.50. The highest BCUT2D eigenvalue weighted by Crippen LogP contribution is 1.98. The van der Waals surface area contributed by atoms with Crippen LogP contribution in [0.4, 0.5) is 4.79 Å².